The van der Waals surface area contributed by atoms with E-state index in [-0.39, 0.29) is 30.5 Å². The van der Waals surface area contributed by atoms with Gasteiger partial charge in [0.05, 0.1) is 12.6 Å². The molecule has 1 fully saturated rings. The summed E-state index contributed by atoms with van der Waals surface area (Å²) in [6, 6.07) is 15.5. The molecule has 1 saturated heterocycles. The Morgan fingerprint density at radius 1 is 1.17 bits per heavy atom. The van der Waals surface area contributed by atoms with Crippen LogP contribution in [0.3, 0.4) is 0 Å². The maximum atomic E-state index is 12.9. The fourth-order valence-electron chi connectivity index (χ4n) is 3.01. The average molecular weight is 347 g/mol. The van der Waals surface area contributed by atoms with Crippen LogP contribution in [0, 0.1) is 6.92 Å². The van der Waals surface area contributed by atoms with Gasteiger partial charge < -0.3 is 15.4 Å². The molecule has 5 heteroatoms. The minimum absolute atomic E-state index is 0. The van der Waals surface area contributed by atoms with Crippen LogP contribution in [-0.2, 0) is 4.74 Å². The summed E-state index contributed by atoms with van der Waals surface area (Å²) in [6.07, 6.45) is -0.0930. The maximum absolute atomic E-state index is 12.9. The first-order valence-corrected chi connectivity index (χ1v) is 7.90. The van der Waals surface area contributed by atoms with Crippen LogP contribution in [0.4, 0.5) is 5.69 Å². The van der Waals surface area contributed by atoms with E-state index >= 15 is 0 Å². The van der Waals surface area contributed by atoms with Gasteiger partial charge in [0.25, 0.3) is 5.91 Å². The van der Waals surface area contributed by atoms with E-state index in [0.717, 1.165) is 11.1 Å². The second-order valence-corrected chi connectivity index (χ2v) is 6.13. The predicted molar refractivity (Wildman–Crippen MR) is 98.5 cm³/mol. The van der Waals surface area contributed by atoms with E-state index in [1.165, 1.54) is 0 Å². The van der Waals surface area contributed by atoms with E-state index in [1.807, 2.05) is 61.2 Å². The highest BCUT2D eigenvalue weighted by atomic mass is 35.5. The van der Waals surface area contributed by atoms with Crippen molar-refractivity contribution in [3.63, 3.8) is 0 Å². The topological polar surface area (TPSA) is 55.6 Å². The summed E-state index contributed by atoms with van der Waals surface area (Å²) in [7, 11) is 0. The summed E-state index contributed by atoms with van der Waals surface area (Å²) in [5.74, 6) is 0.0193. The SMILES string of the molecule is Cc1ccc(N)cc1C(=O)N1CC(C)OC(c2ccccc2)C1.Cl. The number of benzene rings is 2. The minimum Gasteiger partial charge on any atom is -0.399 e. The summed E-state index contributed by atoms with van der Waals surface area (Å²) in [5.41, 5.74) is 9.17. The molecule has 1 aliphatic rings. The number of nitrogen functional groups attached to an aromatic ring is 1. The number of rotatable bonds is 2. The van der Waals surface area contributed by atoms with Crippen molar-refractivity contribution in [3.8, 4) is 0 Å². The Labute approximate surface area is 149 Å². The zero-order valence-electron chi connectivity index (χ0n) is 13.9. The maximum Gasteiger partial charge on any atom is 0.254 e. The number of amides is 1. The lowest BCUT2D eigenvalue weighted by atomic mass is 10.0. The fraction of sp³-hybridized carbons (Fsp3) is 0.316. The van der Waals surface area contributed by atoms with Gasteiger partial charge in [-0.15, -0.1) is 12.4 Å². The molecular weight excluding hydrogens is 324 g/mol. The molecule has 0 aliphatic carbocycles. The van der Waals surface area contributed by atoms with Gasteiger partial charge in [-0.2, -0.15) is 0 Å². The minimum atomic E-state index is -0.0923. The van der Waals surface area contributed by atoms with Gasteiger partial charge in [0, 0.05) is 17.8 Å². The second kappa shape index (κ2) is 7.69. The van der Waals surface area contributed by atoms with Gasteiger partial charge in [-0.3, -0.25) is 4.79 Å². The molecule has 1 amide bonds. The van der Waals surface area contributed by atoms with E-state index in [2.05, 4.69) is 0 Å². The molecular formula is C19H23ClN2O2. The Morgan fingerprint density at radius 3 is 2.58 bits per heavy atom. The number of carbonyl (C=O) groups excluding carboxylic acids is 1. The van der Waals surface area contributed by atoms with Gasteiger partial charge in [0.1, 0.15) is 6.10 Å². The molecule has 2 aromatic carbocycles. The Morgan fingerprint density at radius 2 is 1.88 bits per heavy atom. The summed E-state index contributed by atoms with van der Waals surface area (Å²) < 4.78 is 6.02. The van der Waals surface area contributed by atoms with E-state index in [1.54, 1.807) is 6.07 Å². The summed E-state index contributed by atoms with van der Waals surface area (Å²) in [6.45, 7) is 5.09. The first-order valence-electron chi connectivity index (χ1n) is 7.90. The quantitative estimate of drug-likeness (QED) is 0.845. The molecule has 24 heavy (non-hydrogen) atoms. The Bertz CT molecular complexity index is 706. The molecule has 128 valence electrons. The number of anilines is 1. The number of hydrogen-bond donors (Lipinski definition) is 1. The number of aryl methyl sites for hydroxylation is 1. The first kappa shape index (κ1) is 18.3. The highest BCUT2D eigenvalue weighted by molar-refractivity contribution is 5.96. The van der Waals surface area contributed by atoms with Crippen molar-refractivity contribution in [1.82, 2.24) is 4.90 Å². The van der Waals surface area contributed by atoms with Crippen LogP contribution in [0.1, 0.15) is 34.5 Å². The number of halogens is 1. The van der Waals surface area contributed by atoms with Crippen LogP contribution >= 0.6 is 12.4 Å². The molecule has 0 saturated carbocycles. The monoisotopic (exact) mass is 346 g/mol. The zero-order chi connectivity index (χ0) is 16.4. The normalized spacial score (nSPS) is 20.3. The van der Waals surface area contributed by atoms with Crippen molar-refractivity contribution in [3.05, 3.63) is 65.2 Å². The van der Waals surface area contributed by atoms with Crippen LogP contribution in [0.5, 0.6) is 0 Å². The van der Waals surface area contributed by atoms with Gasteiger partial charge >= 0.3 is 0 Å². The van der Waals surface area contributed by atoms with Crippen LogP contribution in [0.2, 0.25) is 0 Å². The Balaban J connectivity index is 0.00000208. The van der Waals surface area contributed by atoms with Crippen LogP contribution in [-0.4, -0.2) is 30.0 Å². The number of nitrogens with two attached hydrogens (primary N) is 1. The third-order valence-electron chi connectivity index (χ3n) is 4.21. The summed E-state index contributed by atoms with van der Waals surface area (Å²) in [4.78, 5) is 14.8. The van der Waals surface area contributed by atoms with Crippen molar-refractivity contribution in [2.75, 3.05) is 18.8 Å². The largest absolute Gasteiger partial charge is 0.399 e. The van der Waals surface area contributed by atoms with E-state index in [0.29, 0.717) is 24.3 Å². The highest BCUT2D eigenvalue weighted by Crippen LogP contribution is 2.27. The Kier molecular flexibility index (Phi) is 5.86. The molecule has 2 atom stereocenters. The predicted octanol–water partition coefficient (Wildman–Crippen LogP) is 3.60. The molecule has 0 radical (unpaired) electrons. The van der Waals surface area contributed by atoms with Crippen molar-refractivity contribution in [1.29, 1.82) is 0 Å². The zero-order valence-corrected chi connectivity index (χ0v) is 14.8. The molecule has 1 aliphatic heterocycles. The molecule has 0 aromatic heterocycles. The molecule has 4 nitrogen and oxygen atoms in total. The van der Waals surface area contributed by atoms with E-state index < -0.39 is 0 Å². The van der Waals surface area contributed by atoms with Crippen LogP contribution < -0.4 is 5.73 Å². The van der Waals surface area contributed by atoms with Crippen LogP contribution in [0.15, 0.2) is 48.5 Å². The van der Waals surface area contributed by atoms with E-state index in [9.17, 15) is 4.79 Å². The fourth-order valence-corrected chi connectivity index (χ4v) is 3.01. The number of ether oxygens (including phenoxy) is 1. The van der Waals surface area contributed by atoms with Gasteiger partial charge in [-0.1, -0.05) is 36.4 Å². The van der Waals surface area contributed by atoms with Gasteiger partial charge in [-0.25, -0.2) is 0 Å². The molecule has 2 unspecified atom stereocenters. The van der Waals surface area contributed by atoms with Gasteiger partial charge in [-0.05, 0) is 37.1 Å². The molecule has 1 heterocycles. The lowest BCUT2D eigenvalue weighted by molar-refractivity contribution is -0.0691. The lowest BCUT2D eigenvalue weighted by Crippen LogP contribution is -2.46. The average Bonchev–Trinajstić information content (AvgIpc) is 2.56. The third-order valence-corrected chi connectivity index (χ3v) is 4.21. The van der Waals surface area contributed by atoms with Crippen molar-refractivity contribution in [2.45, 2.75) is 26.1 Å². The first-order chi connectivity index (χ1) is 11.0. The molecule has 2 N–H and O–H groups in total. The van der Waals surface area contributed by atoms with Crippen LogP contribution in [0.25, 0.3) is 0 Å². The van der Waals surface area contributed by atoms with Gasteiger partial charge in [0.15, 0.2) is 0 Å². The highest BCUT2D eigenvalue weighted by Gasteiger charge is 2.30. The Hall–Kier alpha value is -2.04. The standard InChI is InChI=1S/C19H22N2O2.ClH/c1-13-8-9-16(20)10-17(13)19(22)21-11-14(2)23-18(12-21)15-6-4-3-5-7-15;/h3-10,14,18H,11-12,20H2,1-2H3;1H. The number of nitrogens with zero attached hydrogens (tertiary/aromatic N) is 1. The van der Waals surface area contributed by atoms with E-state index in [4.69, 9.17) is 10.5 Å². The second-order valence-electron chi connectivity index (χ2n) is 6.13. The van der Waals surface area contributed by atoms with Crippen molar-refractivity contribution in [2.24, 2.45) is 0 Å². The number of hydrogen-bond acceptors (Lipinski definition) is 3. The third kappa shape index (κ3) is 3.89. The molecule has 2 aromatic rings. The van der Waals surface area contributed by atoms with Crippen molar-refractivity contribution < 1.29 is 9.53 Å². The molecule has 3 rings (SSSR count). The molecule has 0 spiro atoms. The van der Waals surface area contributed by atoms with Crippen molar-refractivity contribution >= 4 is 24.0 Å². The smallest absolute Gasteiger partial charge is 0.254 e. The summed E-state index contributed by atoms with van der Waals surface area (Å²) >= 11 is 0. The summed E-state index contributed by atoms with van der Waals surface area (Å²) in [5, 5.41) is 0. The number of morpholine rings is 1. The molecule has 0 bridgehead atoms. The lowest BCUT2D eigenvalue weighted by Gasteiger charge is -2.37. The number of carbonyl (C=O) groups is 1. The van der Waals surface area contributed by atoms with Gasteiger partial charge in [0.2, 0.25) is 0 Å².